The molecule has 2 nitrogen and oxygen atoms in total. The summed E-state index contributed by atoms with van der Waals surface area (Å²) in [5.74, 6) is -0.373. The topological polar surface area (TPSA) is 29.5 Å². The van der Waals surface area contributed by atoms with Crippen LogP contribution in [0.3, 0.4) is 0 Å². The highest BCUT2D eigenvalue weighted by atomic mass is 35.5. The van der Waals surface area contributed by atoms with Crippen molar-refractivity contribution in [3.05, 3.63) is 34.6 Å². The van der Waals surface area contributed by atoms with E-state index in [9.17, 15) is 9.50 Å². The molecule has 2 rings (SSSR count). The van der Waals surface area contributed by atoms with Crippen molar-refractivity contribution in [3.8, 4) is 0 Å². The first-order valence-electron chi connectivity index (χ1n) is 5.83. The number of hydrogen-bond donors (Lipinski definition) is 1. The van der Waals surface area contributed by atoms with Crippen molar-refractivity contribution in [2.24, 2.45) is 0 Å². The Morgan fingerprint density at radius 2 is 2.29 bits per heavy atom. The Labute approximate surface area is 105 Å². The van der Waals surface area contributed by atoms with Crippen LogP contribution < -0.4 is 0 Å². The van der Waals surface area contributed by atoms with E-state index >= 15 is 0 Å². The number of halogens is 2. The first-order chi connectivity index (χ1) is 8.06. The summed E-state index contributed by atoms with van der Waals surface area (Å²) in [4.78, 5) is 0. The molecule has 17 heavy (non-hydrogen) atoms. The molecule has 1 aromatic rings. The van der Waals surface area contributed by atoms with Gasteiger partial charge in [0.25, 0.3) is 0 Å². The van der Waals surface area contributed by atoms with Gasteiger partial charge in [-0.2, -0.15) is 0 Å². The fraction of sp³-hybridized carbons (Fsp3) is 0.538. The zero-order chi connectivity index (χ0) is 12.4. The van der Waals surface area contributed by atoms with Crippen LogP contribution >= 0.6 is 11.6 Å². The van der Waals surface area contributed by atoms with E-state index in [0.717, 1.165) is 12.8 Å². The van der Waals surface area contributed by atoms with E-state index in [1.165, 1.54) is 6.07 Å². The Balaban J connectivity index is 2.00. The van der Waals surface area contributed by atoms with Crippen molar-refractivity contribution < 1.29 is 14.2 Å². The van der Waals surface area contributed by atoms with Gasteiger partial charge in [-0.05, 0) is 37.5 Å². The Kier molecular flexibility index (Phi) is 4.02. The molecule has 0 aromatic heterocycles. The Morgan fingerprint density at radius 1 is 1.53 bits per heavy atom. The third-order valence-electron chi connectivity index (χ3n) is 3.14. The number of hydrogen-bond acceptors (Lipinski definition) is 2. The zero-order valence-electron chi connectivity index (χ0n) is 9.70. The van der Waals surface area contributed by atoms with Gasteiger partial charge in [0.05, 0.1) is 18.3 Å². The lowest BCUT2D eigenvalue weighted by molar-refractivity contribution is -0.0281. The van der Waals surface area contributed by atoms with Crippen LogP contribution in [-0.2, 0) is 11.2 Å². The van der Waals surface area contributed by atoms with Crippen LogP contribution in [0.2, 0.25) is 5.02 Å². The fourth-order valence-corrected chi connectivity index (χ4v) is 2.32. The van der Waals surface area contributed by atoms with E-state index in [-0.39, 0.29) is 24.4 Å². The summed E-state index contributed by atoms with van der Waals surface area (Å²) >= 11 is 5.67. The molecule has 0 amide bonds. The van der Waals surface area contributed by atoms with Gasteiger partial charge in [0.2, 0.25) is 0 Å². The SMILES string of the molecule is CC1CCC(C(O)Cc2ccc(Cl)cc2F)O1. The molecule has 4 heteroatoms. The van der Waals surface area contributed by atoms with Crippen molar-refractivity contribution in [1.82, 2.24) is 0 Å². The molecule has 0 radical (unpaired) electrons. The Morgan fingerprint density at radius 3 is 2.88 bits per heavy atom. The molecule has 0 spiro atoms. The van der Waals surface area contributed by atoms with Crippen LogP contribution in [0.4, 0.5) is 4.39 Å². The number of aliphatic hydroxyl groups excluding tert-OH is 1. The minimum atomic E-state index is -0.657. The summed E-state index contributed by atoms with van der Waals surface area (Å²) in [6, 6.07) is 4.51. The number of rotatable bonds is 3. The molecule has 3 unspecified atom stereocenters. The van der Waals surface area contributed by atoms with Gasteiger partial charge in [-0.3, -0.25) is 0 Å². The van der Waals surface area contributed by atoms with Gasteiger partial charge in [0.1, 0.15) is 5.82 Å². The molecule has 1 fully saturated rings. The zero-order valence-corrected chi connectivity index (χ0v) is 10.5. The summed E-state index contributed by atoms with van der Waals surface area (Å²) in [5.41, 5.74) is 0.477. The van der Waals surface area contributed by atoms with Crippen LogP contribution in [0.5, 0.6) is 0 Å². The van der Waals surface area contributed by atoms with E-state index in [1.54, 1.807) is 12.1 Å². The highest BCUT2D eigenvalue weighted by Gasteiger charge is 2.28. The van der Waals surface area contributed by atoms with Gasteiger partial charge >= 0.3 is 0 Å². The second-order valence-corrected chi connectivity index (χ2v) is 5.01. The monoisotopic (exact) mass is 258 g/mol. The molecule has 94 valence electrons. The second-order valence-electron chi connectivity index (χ2n) is 4.57. The minimum absolute atomic E-state index is 0.180. The molecule has 1 heterocycles. The van der Waals surface area contributed by atoms with Crippen molar-refractivity contribution in [3.63, 3.8) is 0 Å². The largest absolute Gasteiger partial charge is 0.390 e. The predicted octanol–water partition coefficient (Wildman–Crippen LogP) is 2.95. The first kappa shape index (κ1) is 12.8. The van der Waals surface area contributed by atoms with E-state index in [4.69, 9.17) is 16.3 Å². The third-order valence-corrected chi connectivity index (χ3v) is 3.37. The van der Waals surface area contributed by atoms with E-state index in [2.05, 4.69) is 0 Å². The molecule has 1 aliphatic heterocycles. The van der Waals surface area contributed by atoms with E-state index in [0.29, 0.717) is 10.6 Å². The minimum Gasteiger partial charge on any atom is -0.390 e. The van der Waals surface area contributed by atoms with Crippen molar-refractivity contribution >= 4 is 11.6 Å². The van der Waals surface area contributed by atoms with Crippen molar-refractivity contribution in [2.45, 2.75) is 44.5 Å². The fourth-order valence-electron chi connectivity index (χ4n) is 2.16. The number of aliphatic hydroxyl groups is 1. The summed E-state index contributed by atoms with van der Waals surface area (Å²) in [6.07, 6.45) is 1.39. The van der Waals surface area contributed by atoms with Gasteiger partial charge in [0.15, 0.2) is 0 Å². The number of benzene rings is 1. The van der Waals surface area contributed by atoms with Gasteiger partial charge in [-0.1, -0.05) is 17.7 Å². The van der Waals surface area contributed by atoms with Gasteiger partial charge < -0.3 is 9.84 Å². The lowest BCUT2D eigenvalue weighted by Gasteiger charge is -2.18. The van der Waals surface area contributed by atoms with Crippen LogP contribution in [0, 0.1) is 5.82 Å². The lowest BCUT2D eigenvalue weighted by Crippen LogP contribution is -2.28. The summed E-state index contributed by atoms with van der Waals surface area (Å²) in [7, 11) is 0. The van der Waals surface area contributed by atoms with Crippen LogP contribution in [0.25, 0.3) is 0 Å². The van der Waals surface area contributed by atoms with Crippen LogP contribution in [-0.4, -0.2) is 23.4 Å². The standard InChI is InChI=1S/C13H16ClFO2/c1-8-2-5-13(17-8)12(16)6-9-3-4-10(14)7-11(9)15/h3-4,7-8,12-13,16H,2,5-6H2,1H3. The summed E-state index contributed by atoms with van der Waals surface area (Å²) in [5, 5.41) is 10.4. The maximum absolute atomic E-state index is 13.5. The highest BCUT2D eigenvalue weighted by molar-refractivity contribution is 6.30. The molecular weight excluding hydrogens is 243 g/mol. The molecule has 0 bridgehead atoms. The smallest absolute Gasteiger partial charge is 0.127 e. The molecular formula is C13H16ClFO2. The maximum atomic E-state index is 13.5. The first-order valence-corrected chi connectivity index (χ1v) is 6.21. The summed E-state index contributed by atoms with van der Waals surface area (Å²) in [6.45, 7) is 1.98. The molecule has 1 N–H and O–H groups in total. The predicted molar refractivity (Wildman–Crippen MR) is 64.7 cm³/mol. The average Bonchev–Trinajstić information content (AvgIpc) is 2.69. The normalized spacial score (nSPS) is 26.1. The molecule has 1 aromatic carbocycles. The van der Waals surface area contributed by atoms with Crippen LogP contribution in [0.1, 0.15) is 25.3 Å². The third kappa shape index (κ3) is 3.18. The molecule has 1 saturated heterocycles. The van der Waals surface area contributed by atoms with Gasteiger partial charge in [0, 0.05) is 11.4 Å². The quantitative estimate of drug-likeness (QED) is 0.903. The number of ether oxygens (including phenoxy) is 1. The van der Waals surface area contributed by atoms with Gasteiger partial charge in [-0.15, -0.1) is 0 Å². The lowest BCUT2D eigenvalue weighted by atomic mass is 10.0. The van der Waals surface area contributed by atoms with E-state index in [1.807, 2.05) is 6.92 Å². The van der Waals surface area contributed by atoms with Crippen molar-refractivity contribution in [1.29, 1.82) is 0 Å². The van der Waals surface area contributed by atoms with Crippen molar-refractivity contribution in [2.75, 3.05) is 0 Å². The highest BCUT2D eigenvalue weighted by Crippen LogP contribution is 2.24. The molecule has 0 saturated carbocycles. The molecule has 0 aliphatic carbocycles. The average molecular weight is 259 g/mol. The molecule has 1 aliphatic rings. The summed E-state index contributed by atoms with van der Waals surface area (Å²) < 4.78 is 19.1. The maximum Gasteiger partial charge on any atom is 0.127 e. The Bertz CT molecular complexity index is 397. The molecule has 3 atom stereocenters. The van der Waals surface area contributed by atoms with Gasteiger partial charge in [-0.25, -0.2) is 4.39 Å². The second kappa shape index (κ2) is 5.34. The van der Waals surface area contributed by atoms with Crippen LogP contribution in [0.15, 0.2) is 18.2 Å². The van der Waals surface area contributed by atoms with E-state index < -0.39 is 6.10 Å². The Hall–Kier alpha value is -0.640.